The van der Waals surface area contributed by atoms with Crippen LogP contribution in [0.15, 0.2) is 77.1 Å². The Kier molecular flexibility index (Phi) is 8.44. The second-order valence-corrected chi connectivity index (χ2v) is 11.6. The number of aromatic nitrogens is 1. The molecule has 0 aliphatic heterocycles. The lowest BCUT2D eigenvalue weighted by atomic mass is 10.0. The van der Waals surface area contributed by atoms with Crippen molar-refractivity contribution in [3.05, 3.63) is 83.4 Å². The van der Waals surface area contributed by atoms with Crippen molar-refractivity contribution in [2.75, 3.05) is 23.9 Å². The van der Waals surface area contributed by atoms with Crippen LogP contribution in [0.3, 0.4) is 0 Å². The minimum absolute atomic E-state index is 0.107. The van der Waals surface area contributed by atoms with Crippen LogP contribution in [-0.2, 0) is 0 Å². The van der Waals surface area contributed by atoms with Crippen LogP contribution in [0.2, 0.25) is 5.02 Å². The Morgan fingerprint density at radius 3 is 2.67 bits per heavy atom. The maximum absolute atomic E-state index is 13.6. The second-order valence-electron chi connectivity index (χ2n) is 8.95. The minimum Gasteiger partial charge on any atom is -0.506 e. The fourth-order valence-corrected chi connectivity index (χ4v) is 6.46. The first-order valence-electron chi connectivity index (χ1n) is 12.6. The van der Waals surface area contributed by atoms with Crippen LogP contribution in [0, 0.1) is 0 Å². The van der Waals surface area contributed by atoms with Crippen molar-refractivity contribution in [1.82, 2.24) is 4.98 Å². The Balaban J connectivity index is 1.46. The molecule has 204 valence electrons. The molecule has 1 heterocycles. The number of rotatable bonds is 8. The zero-order valence-corrected chi connectivity index (χ0v) is 24.2. The summed E-state index contributed by atoms with van der Waals surface area (Å²) in [4.78, 5) is 33.0. The van der Waals surface area contributed by atoms with Gasteiger partial charge in [0.1, 0.15) is 11.5 Å². The molecule has 0 spiro atoms. The summed E-state index contributed by atoms with van der Waals surface area (Å²) in [5.41, 5.74) is 2.01. The number of para-hydroxylation sites is 1. The van der Waals surface area contributed by atoms with Crippen molar-refractivity contribution in [2.24, 2.45) is 0 Å². The van der Waals surface area contributed by atoms with E-state index in [1.807, 2.05) is 24.3 Å². The molecule has 0 fully saturated rings. The van der Waals surface area contributed by atoms with Crippen molar-refractivity contribution in [2.45, 2.75) is 24.1 Å². The van der Waals surface area contributed by atoms with Gasteiger partial charge in [0.05, 0.1) is 39.3 Å². The molecule has 0 aliphatic rings. The summed E-state index contributed by atoms with van der Waals surface area (Å²) in [5.74, 6) is 0.0819. The quantitative estimate of drug-likeness (QED) is 0.176. The number of thiazole rings is 1. The third-order valence-electron chi connectivity index (χ3n) is 6.37. The molecule has 2 N–H and O–H groups in total. The summed E-state index contributed by atoms with van der Waals surface area (Å²) >= 11 is 8.70. The molecule has 0 atom stereocenters. The Morgan fingerprint density at radius 1 is 1.07 bits per heavy atom. The number of aromatic hydroxyl groups is 1. The van der Waals surface area contributed by atoms with Gasteiger partial charge in [-0.1, -0.05) is 55.3 Å². The highest BCUT2D eigenvalue weighted by Crippen LogP contribution is 2.38. The first kappa shape index (κ1) is 27.8. The summed E-state index contributed by atoms with van der Waals surface area (Å²) in [7, 11) is 1.61. The van der Waals surface area contributed by atoms with Crippen LogP contribution in [0.4, 0.5) is 16.2 Å². The van der Waals surface area contributed by atoms with Crippen molar-refractivity contribution < 1.29 is 19.4 Å². The number of carbonyl (C=O) groups excluding carboxylic acids is 2. The lowest BCUT2D eigenvalue weighted by Gasteiger charge is -2.24. The number of anilines is 2. The predicted molar refractivity (Wildman–Crippen MR) is 165 cm³/mol. The number of ether oxygens (including phenoxy) is 1. The van der Waals surface area contributed by atoms with Gasteiger partial charge in [0.15, 0.2) is 4.34 Å². The van der Waals surface area contributed by atoms with Gasteiger partial charge >= 0.3 is 0 Å². The topological polar surface area (TPSA) is 91.8 Å². The van der Waals surface area contributed by atoms with Gasteiger partial charge in [0, 0.05) is 29.1 Å². The molecule has 2 amide bonds. The van der Waals surface area contributed by atoms with Gasteiger partial charge in [0.25, 0.3) is 11.1 Å². The van der Waals surface area contributed by atoms with E-state index in [-0.39, 0.29) is 16.6 Å². The van der Waals surface area contributed by atoms with E-state index in [0.29, 0.717) is 38.1 Å². The van der Waals surface area contributed by atoms with E-state index in [1.165, 1.54) is 11.3 Å². The van der Waals surface area contributed by atoms with Gasteiger partial charge in [-0.25, -0.2) is 4.98 Å². The third kappa shape index (κ3) is 5.72. The number of halogens is 1. The second kappa shape index (κ2) is 12.2. The number of benzene rings is 4. The molecule has 5 rings (SSSR count). The number of amides is 2. The van der Waals surface area contributed by atoms with Gasteiger partial charge in [0.2, 0.25) is 0 Å². The Labute approximate surface area is 244 Å². The monoisotopic (exact) mass is 591 g/mol. The molecule has 0 aliphatic carbocycles. The van der Waals surface area contributed by atoms with Crippen LogP contribution in [0.25, 0.3) is 21.0 Å². The highest BCUT2D eigenvalue weighted by atomic mass is 35.5. The van der Waals surface area contributed by atoms with E-state index in [4.69, 9.17) is 16.3 Å². The van der Waals surface area contributed by atoms with E-state index in [1.54, 1.807) is 60.5 Å². The Morgan fingerprint density at radius 2 is 1.90 bits per heavy atom. The molecule has 0 radical (unpaired) electrons. The van der Waals surface area contributed by atoms with Crippen LogP contribution in [-0.4, -0.2) is 34.9 Å². The van der Waals surface area contributed by atoms with Crippen molar-refractivity contribution >= 4 is 78.2 Å². The predicted octanol–water partition coefficient (Wildman–Crippen LogP) is 8.59. The summed E-state index contributed by atoms with van der Waals surface area (Å²) in [6.45, 7) is 2.56. The van der Waals surface area contributed by atoms with Crippen LogP contribution >= 0.6 is 34.7 Å². The number of fused-ring (bicyclic) bond motifs is 2. The van der Waals surface area contributed by atoms with E-state index in [9.17, 15) is 14.7 Å². The lowest BCUT2D eigenvalue weighted by molar-refractivity contribution is 0.102. The summed E-state index contributed by atoms with van der Waals surface area (Å²) in [6, 6.07) is 21.2. The number of methoxy groups -OCH3 is 1. The summed E-state index contributed by atoms with van der Waals surface area (Å²) in [6.07, 6.45) is 1.70. The van der Waals surface area contributed by atoms with Gasteiger partial charge in [-0.05, 0) is 48.9 Å². The first-order chi connectivity index (χ1) is 19.4. The first-order valence-corrected chi connectivity index (χ1v) is 14.6. The molecule has 7 nitrogen and oxygen atoms in total. The molecule has 0 saturated carbocycles. The average Bonchev–Trinajstić information content (AvgIpc) is 3.36. The van der Waals surface area contributed by atoms with Gasteiger partial charge in [-0.3, -0.25) is 9.59 Å². The highest BCUT2D eigenvalue weighted by Gasteiger charge is 2.23. The number of unbranched alkanes of at least 4 members (excludes halogenated alkanes) is 1. The van der Waals surface area contributed by atoms with E-state index < -0.39 is 5.91 Å². The molecule has 40 heavy (non-hydrogen) atoms. The zero-order valence-electron chi connectivity index (χ0n) is 21.8. The number of carbonyl (C=O) groups is 2. The SMILES string of the molecule is CCCCN(C(=O)Sc1nc2ccc(OC)cc2s1)c1cccc2c(O)c(C(=O)Nc3ccccc3Cl)ccc12. The molecule has 4 aromatic carbocycles. The molecule has 0 saturated heterocycles. The summed E-state index contributed by atoms with van der Waals surface area (Å²) in [5, 5.41) is 15.2. The molecule has 0 bridgehead atoms. The Hall–Kier alpha value is -3.79. The number of nitrogens with one attached hydrogen (secondary N) is 1. The third-order valence-corrected chi connectivity index (χ3v) is 8.68. The number of thioether (sulfide) groups is 1. The Bertz CT molecular complexity index is 1720. The van der Waals surface area contributed by atoms with Crippen LogP contribution in [0.1, 0.15) is 30.1 Å². The molecule has 10 heteroatoms. The van der Waals surface area contributed by atoms with Crippen LogP contribution < -0.4 is 15.0 Å². The zero-order chi connectivity index (χ0) is 28.2. The summed E-state index contributed by atoms with van der Waals surface area (Å²) < 4.78 is 6.88. The number of hydrogen-bond acceptors (Lipinski definition) is 7. The maximum Gasteiger partial charge on any atom is 0.293 e. The largest absolute Gasteiger partial charge is 0.506 e. The maximum atomic E-state index is 13.6. The fourth-order valence-electron chi connectivity index (χ4n) is 4.31. The molecule has 1 aromatic heterocycles. The number of nitrogens with zero attached hydrogens (tertiary/aromatic N) is 2. The average molecular weight is 592 g/mol. The molecular formula is C30H26ClN3O4S2. The molecule has 5 aromatic rings. The number of phenolic OH excluding ortho intramolecular Hbond substituents is 1. The van der Waals surface area contributed by atoms with Crippen molar-refractivity contribution in [1.29, 1.82) is 0 Å². The highest BCUT2D eigenvalue weighted by molar-refractivity contribution is 8.15. The van der Waals surface area contributed by atoms with E-state index >= 15 is 0 Å². The molecular weight excluding hydrogens is 566 g/mol. The fraction of sp³-hybridized carbons (Fsp3) is 0.167. The van der Waals surface area contributed by atoms with Gasteiger partial charge in [-0.15, -0.1) is 11.3 Å². The lowest BCUT2D eigenvalue weighted by Crippen LogP contribution is -2.28. The van der Waals surface area contributed by atoms with Crippen molar-refractivity contribution in [3.8, 4) is 11.5 Å². The van der Waals surface area contributed by atoms with Gasteiger partial charge < -0.3 is 20.1 Å². The van der Waals surface area contributed by atoms with Crippen molar-refractivity contribution in [3.63, 3.8) is 0 Å². The van der Waals surface area contributed by atoms with Gasteiger partial charge in [-0.2, -0.15) is 0 Å². The molecule has 0 unspecified atom stereocenters. The minimum atomic E-state index is -0.486. The van der Waals surface area contributed by atoms with E-state index in [2.05, 4.69) is 17.2 Å². The van der Waals surface area contributed by atoms with E-state index in [0.717, 1.165) is 40.6 Å². The van der Waals surface area contributed by atoms with Crippen LogP contribution in [0.5, 0.6) is 11.5 Å². The normalized spacial score (nSPS) is 11.1. The standard InChI is InChI=1S/C30H26ClN3O4S2/c1-3-4-16-34(30(37)40-29-33-24-15-12-18(38-2)17-26(24)39-29)25-11-7-8-20-19(25)13-14-21(27(20)35)28(36)32-23-10-6-5-9-22(23)31/h5-15,17,35H,3-4,16H2,1-2H3,(H,32,36). The number of phenols is 1. The number of hydrogen-bond donors (Lipinski definition) is 2. The smallest absolute Gasteiger partial charge is 0.293 e.